The number of esters is 1. The highest BCUT2D eigenvalue weighted by Crippen LogP contribution is 2.29. The Bertz CT molecular complexity index is 454. The van der Waals surface area contributed by atoms with Crippen molar-refractivity contribution in [3.8, 4) is 0 Å². The van der Waals surface area contributed by atoms with E-state index >= 15 is 0 Å². The van der Waals surface area contributed by atoms with Gasteiger partial charge < -0.3 is 10.1 Å². The lowest BCUT2D eigenvalue weighted by Crippen LogP contribution is -2.18. The Balaban J connectivity index is 2.58. The Morgan fingerprint density at radius 3 is 2.26 bits per heavy atom. The smallest absolute Gasteiger partial charge is 0.416 e. The fraction of sp³-hybridized carbons (Fsp3) is 0.333. The molecule has 0 aliphatic heterocycles. The lowest BCUT2D eigenvalue weighted by molar-refractivity contribution is -0.145. The summed E-state index contributed by atoms with van der Waals surface area (Å²) in [6.07, 6.45) is -4.90. The maximum Gasteiger partial charge on any atom is 0.416 e. The molecule has 0 saturated carbocycles. The normalized spacial score (nSPS) is 10.9. The summed E-state index contributed by atoms with van der Waals surface area (Å²) >= 11 is 0. The van der Waals surface area contributed by atoms with Crippen molar-refractivity contribution in [3.05, 3.63) is 29.8 Å². The van der Waals surface area contributed by atoms with Gasteiger partial charge in [0.05, 0.1) is 12.2 Å². The Kier molecular flexibility index (Phi) is 4.91. The SMILES string of the molecule is CCOC(=O)CC(=O)Nc1ccc(C(F)(F)F)cc1. The number of hydrogen-bond donors (Lipinski definition) is 1. The molecular formula is C12H12F3NO3. The van der Waals surface area contributed by atoms with Gasteiger partial charge in [0.2, 0.25) is 5.91 Å². The Morgan fingerprint density at radius 1 is 1.21 bits per heavy atom. The molecule has 0 fully saturated rings. The molecule has 0 saturated heterocycles. The van der Waals surface area contributed by atoms with Crippen LogP contribution >= 0.6 is 0 Å². The second-order valence-corrected chi connectivity index (χ2v) is 3.61. The highest BCUT2D eigenvalue weighted by Gasteiger charge is 2.29. The van der Waals surface area contributed by atoms with Gasteiger partial charge in [-0.15, -0.1) is 0 Å². The second-order valence-electron chi connectivity index (χ2n) is 3.61. The van der Waals surface area contributed by atoms with Crippen LogP contribution in [0.1, 0.15) is 18.9 Å². The molecular weight excluding hydrogens is 263 g/mol. The molecule has 19 heavy (non-hydrogen) atoms. The number of ether oxygens (including phenoxy) is 1. The Labute approximate surface area is 107 Å². The van der Waals surface area contributed by atoms with Gasteiger partial charge in [-0.05, 0) is 31.2 Å². The molecule has 0 unspecified atom stereocenters. The summed E-state index contributed by atoms with van der Waals surface area (Å²) in [7, 11) is 0. The zero-order valence-corrected chi connectivity index (χ0v) is 10.1. The van der Waals surface area contributed by atoms with Crippen LogP contribution in [0.25, 0.3) is 0 Å². The van der Waals surface area contributed by atoms with E-state index in [1.807, 2.05) is 0 Å². The third kappa shape index (κ3) is 4.99. The van der Waals surface area contributed by atoms with Crippen molar-refractivity contribution in [2.24, 2.45) is 0 Å². The van der Waals surface area contributed by atoms with Crippen LogP contribution in [0.4, 0.5) is 18.9 Å². The Hall–Kier alpha value is -2.05. The monoisotopic (exact) mass is 275 g/mol. The summed E-state index contributed by atoms with van der Waals surface area (Å²) in [4.78, 5) is 22.3. The highest BCUT2D eigenvalue weighted by molar-refractivity contribution is 6.01. The van der Waals surface area contributed by atoms with E-state index in [1.54, 1.807) is 6.92 Å². The van der Waals surface area contributed by atoms with Crippen molar-refractivity contribution in [3.63, 3.8) is 0 Å². The molecule has 1 aromatic rings. The van der Waals surface area contributed by atoms with Crippen molar-refractivity contribution in [2.45, 2.75) is 19.5 Å². The van der Waals surface area contributed by atoms with Crippen LogP contribution in [0.3, 0.4) is 0 Å². The fourth-order valence-electron chi connectivity index (χ4n) is 1.29. The molecule has 0 heterocycles. The predicted molar refractivity (Wildman–Crippen MR) is 61.3 cm³/mol. The van der Waals surface area contributed by atoms with Gasteiger partial charge in [0.15, 0.2) is 0 Å². The minimum atomic E-state index is -4.42. The first kappa shape index (κ1) is 15.0. The lowest BCUT2D eigenvalue weighted by Gasteiger charge is -2.08. The molecule has 7 heteroatoms. The minimum absolute atomic E-state index is 0.159. The molecule has 1 rings (SSSR count). The molecule has 104 valence electrons. The van der Waals surface area contributed by atoms with Gasteiger partial charge in [0.25, 0.3) is 0 Å². The molecule has 1 N–H and O–H groups in total. The average Bonchev–Trinajstić information content (AvgIpc) is 2.28. The van der Waals surface area contributed by atoms with E-state index < -0.39 is 30.0 Å². The first-order valence-electron chi connectivity index (χ1n) is 5.45. The van der Waals surface area contributed by atoms with Crippen LogP contribution < -0.4 is 5.32 Å². The molecule has 1 amide bonds. The summed E-state index contributed by atoms with van der Waals surface area (Å²) in [5, 5.41) is 2.30. The topological polar surface area (TPSA) is 55.4 Å². The number of carbonyl (C=O) groups excluding carboxylic acids is 2. The van der Waals surface area contributed by atoms with Crippen molar-refractivity contribution < 1.29 is 27.5 Å². The number of alkyl halides is 3. The van der Waals surface area contributed by atoms with Crippen LogP contribution in [0.2, 0.25) is 0 Å². The average molecular weight is 275 g/mol. The number of benzene rings is 1. The summed E-state index contributed by atoms with van der Waals surface area (Å²) in [6, 6.07) is 3.93. The van der Waals surface area contributed by atoms with Crippen LogP contribution in [0, 0.1) is 0 Å². The van der Waals surface area contributed by atoms with Crippen molar-refractivity contribution in [1.29, 1.82) is 0 Å². The standard InChI is InChI=1S/C12H12F3NO3/c1-2-19-11(18)7-10(17)16-9-5-3-8(4-6-9)12(13,14)15/h3-6H,2,7H2,1H3,(H,16,17). The number of nitrogens with one attached hydrogen (secondary N) is 1. The van der Waals surface area contributed by atoms with Gasteiger partial charge in [0.1, 0.15) is 6.42 Å². The number of amides is 1. The second kappa shape index (κ2) is 6.21. The van der Waals surface area contributed by atoms with Gasteiger partial charge in [0, 0.05) is 5.69 Å². The number of rotatable bonds is 4. The molecule has 4 nitrogen and oxygen atoms in total. The van der Waals surface area contributed by atoms with Gasteiger partial charge in [-0.3, -0.25) is 9.59 Å². The third-order valence-corrected chi connectivity index (χ3v) is 2.11. The molecule has 0 aliphatic carbocycles. The van der Waals surface area contributed by atoms with E-state index in [-0.39, 0.29) is 12.3 Å². The molecule has 0 spiro atoms. The summed E-state index contributed by atoms with van der Waals surface area (Å²) in [6.45, 7) is 1.76. The van der Waals surface area contributed by atoms with Gasteiger partial charge in [-0.25, -0.2) is 0 Å². The van der Waals surface area contributed by atoms with Crippen LogP contribution in [0.15, 0.2) is 24.3 Å². The Morgan fingerprint density at radius 2 is 1.79 bits per heavy atom. The number of hydrogen-bond acceptors (Lipinski definition) is 3. The highest BCUT2D eigenvalue weighted by atomic mass is 19.4. The quantitative estimate of drug-likeness (QED) is 0.678. The number of anilines is 1. The first-order chi connectivity index (χ1) is 8.82. The maximum absolute atomic E-state index is 12.3. The molecule has 0 radical (unpaired) electrons. The van der Waals surface area contributed by atoms with E-state index in [9.17, 15) is 22.8 Å². The van der Waals surface area contributed by atoms with Crippen molar-refractivity contribution >= 4 is 17.6 Å². The fourth-order valence-corrected chi connectivity index (χ4v) is 1.29. The largest absolute Gasteiger partial charge is 0.466 e. The van der Waals surface area contributed by atoms with E-state index in [4.69, 9.17) is 0 Å². The van der Waals surface area contributed by atoms with E-state index in [1.165, 1.54) is 0 Å². The maximum atomic E-state index is 12.3. The zero-order valence-electron chi connectivity index (χ0n) is 10.1. The summed E-state index contributed by atoms with van der Waals surface area (Å²) in [5.41, 5.74) is -0.627. The molecule has 0 aromatic heterocycles. The van der Waals surface area contributed by atoms with Crippen LogP contribution in [-0.4, -0.2) is 18.5 Å². The van der Waals surface area contributed by atoms with Crippen LogP contribution in [0.5, 0.6) is 0 Å². The van der Waals surface area contributed by atoms with Gasteiger partial charge in [-0.1, -0.05) is 0 Å². The predicted octanol–water partition coefficient (Wildman–Crippen LogP) is 2.60. The van der Waals surface area contributed by atoms with E-state index in [0.717, 1.165) is 24.3 Å². The van der Waals surface area contributed by atoms with Crippen LogP contribution in [-0.2, 0) is 20.5 Å². The third-order valence-electron chi connectivity index (χ3n) is 2.11. The van der Waals surface area contributed by atoms with Gasteiger partial charge in [-0.2, -0.15) is 13.2 Å². The van der Waals surface area contributed by atoms with E-state index in [2.05, 4.69) is 10.1 Å². The lowest BCUT2D eigenvalue weighted by atomic mass is 10.2. The van der Waals surface area contributed by atoms with Crippen molar-refractivity contribution in [1.82, 2.24) is 0 Å². The summed E-state index contributed by atoms with van der Waals surface area (Å²) < 4.78 is 41.4. The molecule has 0 atom stereocenters. The molecule has 1 aromatic carbocycles. The zero-order chi connectivity index (χ0) is 14.5. The van der Waals surface area contributed by atoms with Crippen molar-refractivity contribution in [2.75, 3.05) is 11.9 Å². The van der Waals surface area contributed by atoms with E-state index in [0.29, 0.717) is 0 Å². The first-order valence-corrected chi connectivity index (χ1v) is 5.45. The number of halogens is 3. The number of carbonyl (C=O) groups is 2. The molecule has 0 bridgehead atoms. The van der Waals surface area contributed by atoms with Gasteiger partial charge >= 0.3 is 12.1 Å². The summed E-state index contributed by atoms with van der Waals surface area (Å²) in [5.74, 6) is -1.33. The molecule has 0 aliphatic rings. The minimum Gasteiger partial charge on any atom is -0.466 e.